The summed E-state index contributed by atoms with van der Waals surface area (Å²) in [4.78, 5) is 10.6. The molecule has 0 aliphatic heterocycles. The molecule has 1 rings (SSSR count). The van der Waals surface area contributed by atoms with Gasteiger partial charge in [0.1, 0.15) is 0 Å². The van der Waals surface area contributed by atoms with Crippen LogP contribution >= 0.6 is 0 Å². The maximum Gasteiger partial charge on any atom is 0.272 e. The molecule has 5 nitrogen and oxygen atoms in total. The van der Waals surface area contributed by atoms with Crippen molar-refractivity contribution in [3.63, 3.8) is 0 Å². The Hall–Kier alpha value is -1.27. The molecule has 0 amide bonds. The lowest BCUT2D eigenvalue weighted by molar-refractivity contribution is -0.385. The normalized spacial score (nSPS) is 15.6. The molecule has 112 valence electrons. The van der Waals surface area contributed by atoms with E-state index in [4.69, 9.17) is 0 Å². The van der Waals surface area contributed by atoms with Gasteiger partial charge >= 0.3 is 0 Å². The van der Waals surface area contributed by atoms with E-state index in [1.165, 1.54) is 0 Å². The lowest BCUT2D eigenvalue weighted by atomic mass is 10.0. The van der Waals surface area contributed by atoms with E-state index in [-0.39, 0.29) is 22.7 Å². The predicted octanol–water partition coefficient (Wildman–Crippen LogP) is 2.71. The number of nitro groups is 1. The van der Waals surface area contributed by atoms with Gasteiger partial charge in [0.15, 0.2) is 0 Å². The van der Waals surface area contributed by atoms with Gasteiger partial charge in [-0.1, -0.05) is 12.1 Å². The van der Waals surface area contributed by atoms with Crippen LogP contribution in [0.15, 0.2) is 18.2 Å². The molecule has 0 aliphatic rings. The number of hydrogen-bond donors (Lipinski definition) is 1. The van der Waals surface area contributed by atoms with Gasteiger partial charge in [0.25, 0.3) is 5.69 Å². The number of nitrogens with zero attached hydrogens (tertiary/aromatic N) is 1. The molecule has 1 aromatic carbocycles. The monoisotopic (exact) mass is 298 g/mol. The Kier molecular flexibility index (Phi) is 6.29. The fourth-order valence-electron chi connectivity index (χ4n) is 2.04. The van der Waals surface area contributed by atoms with E-state index < -0.39 is 10.8 Å². The average molecular weight is 298 g/mol. The Morgan fingerprint density at radius 2 is 2.05 bits per heavy atom. The molecule has 20 heavy (non-hydrogen) atoms. The highest BCUT2D eigenvalue weighted by atomic mass is 32.2. The maximum absolute atomic E-state index is 11.1. The molecular formula is C14H22N2O3S. The maximum atomic E-state index is 11.1. The highest BCUT2D eigenvalue weighted by molar-refractivity contribution is 7.84. The molecule has 0 saturated heterocycles. The minimum atomic E-state index is -0.788. The van der Waals surface area contributed by atoms with E-state index in [2.05, 4.69) is 5.32 Å². The fourth-order valence-corrected chi connectivity index (χ4v) is 2.73. The molecule has 0 heterocycles. The van der Waals surface area contributed by atoms with Crippen molar-refractivity contribution in [2.24, 2.45) is 0 Å². The minimum absolute atomic E-state index is 0.0228. The Morgan fingerprint density at radius 1 is 1.40 bits per heavy atom. The number of nitro benzene ring substituents is 1. The third kappa shape index (κ3) is 5.02. The Balaban J connectivity index is 2.72. The van der Waals surface area contributed by atoms with Crippen molar-refractivity contribution >= 4 is 16.5 Å². The highest BCUT2D eigenvalue weighted by Gasteiger charge is 2.15. The van der Waals surface area contributed by atoms with Crippen molar-refractivity contribution in [2.45, 2.75) is 39.3 Å². The summed E-state index contributed by atoms with van der Waals surface area (Å²) in [6.07, 6.45) is 2.51. The van der Waals surface area contributed by atoms with Crippen LogP contribution in [0.4, 0.5) is 5.69 Å². The standard InChI is InChI=1S/C14H22N2O3S/c1-10-5-6-13(9-14(10)16(17)18)12(3)15-11(2)7-8-20(4)19/h5-6,9,11-12,15H,7-8H2,1-4H3. The van der Waals surface area contributed by atoms with Gasteiger partial charge in [-0.2, -0.15) is 0 Å². The smallest absolute Gasteiger partial charge is 0.272 e. The second-order valence-electron chi connectivity index (χ2n) is 5.16. The van der Waals surface area contributed by atoms with Crippen molar-refractivity contribution in [3.05, 3.63) is 39.4 Å². The molecule has 0 spiro atoms. The zero-order chi connectivity index (χ0) is 15.3. The van der Waals surface area contributed by atoms with E-state index in [0.29, 0.717) is 11.3 Å². The zero-order valence-corrected chi connectivity index (χ0v) is 13.2. The summed E-state index contributed by atoms with van der Waals surface area (Å²) in [5.74, 6) is 0.662. The van der Waals surface area contributed by atoms with Gasteiger partial charge in [-0.15, -0.1) is 0 Å². The van der Waals surface area contributed by atoms with Gasteiger partial charge in [-0.3, -0.25) is 14.3 Å². The SMILES string of the molecule is Cc1ccc(C(C)NC(C)CCS(C)=O)cc1[N+](=O)[O-]. The second kappa shape index (κ2) is 7.50. The highest BCUT2D eigenvalue weighted by Crippen LogP contribution is 2.23. The largest absolute Gasteiger partial charge is 0.308 e. The molecular weight excluding hydrogens is 276 g/mol. The molecule has 1 aromatic rings. The van der Waals surface area contributed by atoms with Crippen molar-refractivity contribution < 1.29 is 9.13 Å². The molecule has 0 radical (unpaired) electrons. The van der Waals surface area contributed by atoms with E-state index in [1.54, 1.807) is 25.3 Å². The summed E-state index contributed by atoms with van der Waals surface area (Å²) in [6, 6.07) is 5.55. The van der Waals surface area contributed by atoms with E-state index >= 15 is 0 Å². The number of benzene rings is 1. The van der Waals surface area contributed by atoms with Crippen LogP contribution in [0.1, 0.15) is 37.4 Å². The van der Waals surface area contributed by atoms with Gasteiger partial charge in [0, 0.05) is 46.5 Å². The quantitative estimate of drug-likeness (QED) is 0.620. The van der Waals surface area contributed by atoms with Crippen molar-refractivity contribution in [3.8, 4) is 0 Å². The summed E-state index contributed by atoms with van der Waals surface area (Å²) in [5.41, 5.74) is 1.71. The molecule has 3 unspecified atom stereocenters. The average Bonchev–Trinajstić information content (AvgIpc) is 2.36. The van der Waals surface area contributed by atoms with Crippen LogP contribution in [0.5, 0.6) is 0 Å². The lowest BCUT2D eigenvalue weighted by Crippen LogP contribution is -2.30. The van der Waals surface area contributed by atoms with E-state index in [1.807, 2.05) is 19.9 Å². The summed E-state index contributed by atoms with van der Waals surface area (Å²) < 4.78 is 11.1. The van der Waals surface area contributed by atoms with Crippen molar-refractivity contribution in [1.82, 2.24) is 5.32 Å². The van der Waals surface area contributed by atoms with Crippen LogP contribution in [0.25, 0.3) is 0 Å². The minimum Gasteiger partial charge on any atom is -0.308 e. The molecule has 0 aromatic heterocycles. The van der Waals surface area contributed by atoms with Gasteiger partial charge in [0.2, 0.25) is 0 Å². The van der Waals surface area contributed by atoms with E-state index in [0.717, 1.165) is 12.0 Å². The first-order chi connectivity index (χ1) is 9.31. The van der Waals surface area contributed by atoms with Crippen molar-refractivity contribution in [2.75, 3.05) is 12.0 Å². The van der Waals surface area contributed by atoms with Crippen LogP contribution in [0, 0.1) is 17.0 Å². The molecule has 0 bridgehead atoms. The third-order valence-electron chi connectivity index (χ3n) is 3.30. The second-order valence-corrected chi connectivity index (χ2v) is 6.71. The number of aryl methyl sites for hydroxylation is 1. The summed E-state index contributed by atoms with van der Waals surface area (Å²) in [6.45, 7) is 5.75. The molecule has 6 heteroatoms. The Bertz CT molecular complexity index is 505. The third-order valence-corrected chi connectivity index (χ3v) is 4.11. The molecule has 0 aliphatic carbocycles. The number of hydrogen-bond acceptors (Lipinski definition) is 4. The predicted molar refractivity (Wildman–Crippen MR) is 82.4 cm³/mol. The molecule has 0 saturated carbocycles. The number of nitrogens with one attached hydrogen (secondary N) is 1. The Morgan fingerprint density at radius 3 is 2.60 bits per heavy atom. The summed E-state index contributed by atoms with van der Waals surface area (Å²) in [5, 5.41) is 14.3. The molecule has 3 atom stereocenters. The van der Waals surface area contributed by atoms with Crippen LogP contribution < -0.4 is 5.32 Å². The summed E-state index contributed by atoms with van der Waals surface area (Å²) in [7, 11) is -0.788. The van der Waals surface area contributed by atoms with Crippen LogP contribution in [-0.4, -0.2) is 27.2 Å². The van der Waals surface area contributed by atoms with Gasteiger partial charge in [-0.05, 0) is 32.8 Å². The zero-order valence-electron chi connectivity index (χ0n) is 12.4. The van der Waals surface area contributed by atoms with Gasteiger partial charge < -0.3 is 5.32 Å². The first-order valence-electron chi connectivity index (χ1n) is 6.62. The first-order valence-corrected chi connectivity index (χ1v) is 8.35. The van der Waals surface area contributed by atoms with Crippen LogP contribution in [0.2, 0.25) is 0 Å². The van der Waals surface area contributed by atoms with Crippen LogP contribution in [-0.2, 0) is 10.8 Å². The lowest BCUT2D eigenvalue weighted by Gasteiger charge is -2.20. The topological polar surface area (TPSA) is 72.2 Å². The number of rotatable bonds is 7. The van der Waals surface area contributed by atoms with E-state index in [9.17, 15) is 14.3 Å². The molecule has 1 N–H and O–H groups in total. The van der Waals surface area contributed by atoms with Gasteiger partial charge in [0.05, 0.1) is 4.92 Å². The first kappa shape index (κ1) is 16.8. The van der Waals surface area contributed by atoms with Crippen LogP contribution in [0.3, 0.4) is 0 Å². The molecule has 0 fully saturated rings. The fraction of sp³-hybridized carbons (Fsp3) is 0.571. The summed E-state index contributed by atoms with van der Waals surface area (Å²) >= 11 is 0. The van der Waals surface area contributed by atoms with Crippen molar-refractivity contribution in [1.29, 1.82) is 0 Å². The van der Waals surface area contributed by atoms with Gasteiger partial charge in [-0.25, -0.2) is 0 Å². The Labute approximate surface area is 122 Å².